The lowest BCUT2D eigenvalue weighted by Crippen LogP contribution is -2.16. The number of nitrogens with one attached hydrogen (secondary N) is 2. The van der Waals surface area contributed by atoms with E-state index in [0.29, 0.717) is 11.4 Å². The first-order valence-electron chi connectivity index (χ1n) is 10.1. The van der Waals surface area contributed by atoms with Crippen LogP contribution in [0.15, 0.2) is 70.3 Å². The molecule has 2 heterocycles. The maximum atomic E-state index is 12.5. The van der Waals surface area contributed by atoms with E-state index in [1.807, 2.05) is 18.2 Å². The number of amides is 1. The molecule has 4 aromatic rings. The number of hydrogen-bond acceptors (Lipinski definition) is 6. The number of sulfonamides is 1. The van der Waals surface area contributed by atoms with Gasteiger partial charge in [-0.3, -0.25) is 4.79 Å². The normalized spacial score (nSPS) is 11.4. The summed E-state index contributed by atoms with van der Waals surface area (Å²) < 4.78 is 33.0. The van der Waals surface area contributed by atoms with E-state index in [-0.39, 0.29) is 23.2 Å². The van der Waals surface area contributed by atoms with Crippen molar-refractivity contribution in [3.05, 3.63) is 77.8 Å². The summed E-state index contributed by atoms with van der Waals surface area (Å²) in [4.78, 5) is 20.5. The molecule has 0 spiro atoms. The summed E-state index contributed by atoms with van der Waals surface area (Å²) in [5, 5.41) is 3.71. The molecule has 9 heteroatoms. The van der Waals surface area contributed by atoms with Crippen molar-refractivity contribution in [2.45, 2.75) is 31.6 Å². The van der Waals surface area contributed by atoms with Crippen molar-refractivity contribution in [3.8, 4) is 0 Å². The minimum Gasteiger partial charge on any atom is -0.464 e. The van der Waals surface area contributed by atoms with E-state index in [0.717, 1.165) is 23.0 Å². The van der Waals surface area contributed by atoms with E-state index < -0.39 is 10.0 Å². The third-order valence-electron chi connectivity index (χ3n) is 4.95. The smallest absolute Gasteiger partial charge is 0.264 e. The van der Waals surface area contributed by atoms with Crippen molar-refractivity contribution in [2.75, 3.05) is 10.0 Å². The van der Waals surface area contributed by atoms with Crippen molar-refractivity contribution in [3.63, 3.8) is 0 Å². The first-order chi connectivity index (χ1) is 15.3. The molecule has 0 bridgehead atoms. The molecule has 0 saturated heterocycles. The number of nitrogens with zero attached hydrogens (tertiary/aromatic N) is 2. The first kappa shape index (κ1) is 21.5. The zero-order valence-corrected chi connectivity index (χ0v) is 18.4. The Labute approximate surface area is 185 Å². The average molecular weight is 451 g/mol. The fourth-order valence-corrected chi connectivity index (χ4v) is 4.21. The maximum absolute atomic E-state index is 12.5. The van der Waals surface area contributed by atoms with Crippen LogP contribution in [0, 0.1) is 6.92 Å². The number of benzene rings is 2. The second kappa shape index (κ2) is 8.80. The van der Waals surface area contributed by atoms with Crippen LogP contribution in [0.3, 0.4) is 0 Å². The summed E-state index contributed by atoms with van der Waals surface area (Å²) in [6, 6.07) is 13.5. The van der Waals surface area contributed by atoms with Crippen LogP contribution in [0.1, 0.15) is 23.7 Å². The fourth-order valence-electron chi connectivity index (χ4n) is 3.26. The number of rotatable bonds is 7. The first-order valence-corrected chi connectivity index (χ1v) is 11.5. The Hall–Kier alpha value is -3.72. The number of anilines is 2. The van der Waals surface area contributed by atoms with Crippen molar-refractivity contribution in [1.82, 2.24) is 9.97 Å². The molecule has 164 valence electrons. The van der Waals surface area contributed by atoms with Crippen molar-refractivity contribution < 1.29 is 17.6 Å². The molecule has 0 radical (unpaired) electrons. The number of aryl methyl sites for hydroxylation is 2. The molecule has 1 amide bonds. The molecule has 0 aliphatic carbocycles. The van der Waals surface area contributed by atoms with Crippen LogP contribution in [0.4, 0.5) is 11.6 Å². The third-order valence-corrected chi connectivity index (χ3v) is 6.29. The molecule has 2 N–H and O–H groups in total. The standard InChI is InChI=1S/C23H22N4O4S/c1-3-16-4-9-21-20(12-16)17(14-31-21)13-22(28)26-18-5-7-19(8-6-18)32(29,30)27-23-24-11-10-15(2)25-23/h4-12,14H,3,13H2,1-2H3,(H,26,28)(H,24,25,27). The van der Waals surface area contributed by atoms with Crippen LogP contribution in [0.2, 0.25) is 0 Å². The highest BCUT2D eigenvalue weighted by Gasteiger charge is 2.16. The second-order valence-corrected chi connectivity index (χ2v) is 9.00. The molecular weight excluding hydrogens is 428 g/mol. The Morgan fingerprint density at radius 3 is 2.59 bits per heavy atom. The van der Waals surface area contributed by atoms with Crippen LogP contribution < -0.4 is 10.0 Å². The third kappa shape index (κ3) is 4.78. The van der Waals surface area contributed by atoms with Crippen LogP contribution in [0.25, 0.3) is 11.0 Å². The lowest BCUT2D eigenvalue weighted by atomic mass is 10.1. The van der Waals surface area contributed by atoms with E-state index in [2.05, 4.69) is 26.9 Å². The zero-order valence-electron chi connectivity index (χ0n) is 17.6. The van der Waals surface area contributed by atoms with Gasteiger partial charge in [-0.1, -0.05) is 13.0 Å². The van der Waals surface area contributed by atoms with Crippen LogP contribution >= 0.6 is 0 Å². The van der Waals surface area contributed by atoms with Crippen LogP contribution in [-0.4, -0.2) is 24.3 Å². The molecular formula is C23H22N4O4S. The van der Waals surface area contributed by atoms with Crippen LogP contribution in [0.5, 0.6) is 0 Å². The minimum atomic E-state index is -3.85. The van der Waals surface area contributed by atoms with Gasteiger partial charge in [0, 0.05) is 28.5 Å². The maximum Gasteiger partial charge on any atom is 0.264 e. The monoisotopic (exact) mass is 450 g/mol. The largest absolute Gasteiger partial charge is 0.464 e. The predicted octanol–water partition coefficient (Wildman–Crippen LogP) is 4.08. The summed E-state index contributed by atoms with van der Waals surface area (Å²) in [6.07, 6.45) is 4.11. The fraction of sp³-hybridized carbons (Fsp3) is 0.174. The van der Waals surface area contributed by atoms with Gasteiger partial charge in [0.2, 0.25) is 11.9 Å². The van der Waals surface area contributed by atoms with Gasteiger partial charge in [-0.2, -0.15) is 0 Å². The molecule has 8 nitrogen and oxygen atoms in total. The van der Waals surface area contributed by atoms with E-state index in [4.69, 9.17) is 4.42 Å². The van der Waals surface area contributed by atoms with Gasteiger partial charge in [-0.05, 0) is 61.4 Å². The minimum absolute atomic E-state index is 0.000878. The summed E-state index contributed by atoms with van der Waals surface area (Å²) in [7, 11) is -3.85. The lowest BCUT2D eigenvalue weighted by molar-refractivity contribution is -0.115. The van der Waals surface area contributed by atoms with Gasteiger partial charge in [0.05, 0.1) is 17.6 Å². The van der Waals surface area contributed by atoms with Gasteiger partial charge in [-0.25, -0.2) is 23.1 Å². The van der Waals surface area contributed by atoms with Gasteiger partial charge < -0.3 is 9.73 Å². The Morgan fingerprint density at radius 2 is 1.88 bits per heavy atom. The lowest BCUT2D eigenvalue weighted by Gasteiger charge is -2.09. The van der Waals surface area contributed by atoms with E-state index in [1.165, 1.54) is 36.0 Å². The summed E-state index contributed by atoms with van der Waals surface area (Å²) in [5.41, 5.74) is 3.84. The van der Waals surface area contributed by atoms with Gasteiger partial charge in [0.15, 0.2) is 0 Å². The Balaban J connectivity index is 1.44. The molecule has 0 unspecified atom stereocenters. The average Bonchev–Trinajstić information content (AvgIpc) is 3.15. The van der Waals surface area contributed by atoms with Gasteiger partial charge in [0.1, 0.15) is 5.58 Å². The van der Waals surface area contributed by atoms with Crippen LogP contribution in [-0.2, 0) is 27.7 Å². The molecule has 2 aromatic heterocycles. The van der Waals surface area contributed by atoms with Gasteiger partial charge >= 0.3 is 0 Å². The Bertz CT molecular complexity index is 1380. The molecule has 0 fully saturated rings. The molecule has 0 saturated carbocycles. The van der Waals surface area contributed by atoms with E-state index in [9.17, 15) is 13.2 Å². The highest BCUT2D eigenvalue weighted by atomic mass is 32.2. The number of carbonyl (C=O) groups is 1. The predicted molar refractivity (Wildman–Crippen MR) is 122 cm³/mol. The number of hydrogen-bond donors (Lipinski definition) is 2. The van der Waals surface area contributed by atoms with Gasteiger partial charge in [0.25, 0.3) is 10.0 Å². The molecule has 2 aromatic carbocycles. The summed E-state index contributed by atoms with van der Waals surface area (Å²) >= 11 is 0. The molecule has 4 rings (SSSR count). The highest BCUT2D eigenvalue weighted by Crippen LogP contribution is 2.24. The summed E-state index contributed by atoms with van der Waals surface area (Å²) in [6.45, 7) is 3.81. The Morgan fingerprint density at radius 1 is 1.09 bits per heavy atom. The topological polar surface area (TPSA) is 114 Å². The van der Waals surface area contributed by atoms with Crippen molar-refractivity contribution >= 4 is 38.5 Å². The van der Waals surface area contributed by atoms with E-state index >= 15 is 0 Å². The summed E-state index contributed by atoms with van der Waals surface area (Å²) in [5.74, 6) is -0.225. The molecule has 32 heavy (non-hydrogen) atoms. The van der Waals surface area contributed by atoms with E-state index in [1.54, 1.807) is 19.3 Å². The number of furan rings is 1. The highest BCUT2D eigenvalue weighted by molar-refractivity contribution is 7.92. The number of fused-ring (bicyclic) bond motifs is 1. The Kier molecular flexibility index (Phi) is 5.91. The van der Waals surface area contributed by atoms with Crippen molar-refractivity contribution in [2.24, 2.45) is 0 Å². The SMILES string of the molecule is CCc1ccc2occ(CC(=O)Nc3ccc(S(=O)(=O)Nc4nccc(C)n4)cc3)c2c1. The molecule has 0 aliphatic rings. The molecule has 0 atom stereocenters. The molecule has 0 aliphatic heterocycles. The van der Waals surface area contributed by atoms with Gasteiger partial charge in [-0.15, -0.1) is 0 Å². The zero-order chi connectivity index (χ0) is 22.7. The number of aromatic nitrogens is 2. The quantitative estimate of drug-likeness (QED) is 0.439. The van der Waals surface area contributed by atoms with Crippen molar-refractivity contribution in [1.29, 1.82) is 0 Å². The number of carbonyl (C=O) groups excluding carboxylic acids is 1. The second-order valence-electron chi connectivity index (χ2n) is 7.32.